The predicted octanol–water partition coefficient (Wildman–Crippen LogP) is 1.95. The lowest BCUT2D eigenvalue weighted by Crippen LogP contribution is -2.53. The maximum Gasteiger partial charge on any atom is 0.237 e. The summed E-state index contributed by atoms with van der Waals surface area (Å²) < 4.78 is 0. The second-order valence-electron chi connectivity index (χ2n) is 4.70. The molecule has 0 spiro atoms. The molecule has 0 aromatic rings. The van der Waals surface area contributed by atoms with Crippen LogP contribution in [0.3, 0.4) is 0 Å². The first kappa shape index (κ1) is 13.8. The van der Waals surface area contributed by atoms with E-state index in [1.165, 1.54) is 19.3 Å². The SMILES string of the molecule is CCN(C(=O)CCl)C1CCCCC1N(C)C. The van der Waals surface area contributed by atoms with Gasteiger partial charge in [0.1, 0.15) is 5.88 Å². The van der Waals surface area contributed by atoms with Crippen LogP contribution in [0.5, 0.6) is 0 Å². The smallest absolute Gasteiger partial charge is 0.237 e. The molecule has 1 aliphatic rings. The number of alkyl halides is 1. The average molecular weight is 247 g/mol. The second kappa shape index (κ2) is 6.45. The monoisotopic (exact) mass is 246 g/mol. The molecular formula is C12H23ClN2O. The van der Waals surface area contributed by atoms with Crippen molar-refractivity contribution in [2.75, 3.05) is 26.5 Å². The summed E-state index contributed by atoms with van der Waals surface area (Å²) in [7, 11) is 4.20. The third-order valence-corrected chi connectivity index (χ3v) is 3.76. The minimum atomic E-state index is 0.0721. The second-order valence-corrected chi connectivity index (χ2v) is 4.96. The zero-order valence-corrected chi connectivity index (χ0v) is 11.3. The number of halogens is 1. The average Bonchev–Trinajstić information content (AvgIpc) is 2.30. The van der Waals surface area contributed by atoms with Crippen molar-refractivity contribution in [3.8, 4) is 0 Å². The first-order valence-corrected chi connectivity index (χ1v) is 6.67. The number of carbonyl (C=O) groups excluding carboxylic acids is 1. The summed E-state index contributed by atoms with van der Waals surface area (Å²) in [6.45, 7) is 2.80. The van der Waals surface area contributed by atoms with Crippen LogP contribution in [0.25, 0.3) is 0 Å². The molecule has 1 saturated carbocycles. The Balaban J connectivity index is 2.75. The fourth-order valence-corrected chi connectivity index (χ4v) is 2.88. The van der Waals surface area contributed by atoms with E-state index >= 15 is 0 Å². The van der Waals surface area contributed by atoms with Crippen LogP contribution in [-0.2, 0) is 4.79 Å². The van der Waals surface area contributed by atoms with Gasteiger partial charge in [0, 0.05) is 18.6 Å². The van der Waals surface area contributed by atoms with Crippen molar-refractivity contribution in [3.05, 3.63) is 0 Å². The summed E-state index contributed by atoms with van der Waals surface area (Å²) in [5.74, 6) is 0.174. The third kappa shape index (κ3) is 3.11. The molecule has 4 heteroatoms. The van der Waals surface area contributed by atoms with Gasteiger partial charge in [0.2, 0.25) is 5.91 Å². The molecular weight excluding hydrogens is 224 g/mol. The number of likely N-dealkylation sites (N-methyl/N-ethyl adjacent to an activating group) is 2. The summed E-state index contributed by atoms with van der Waals surface area (Å²) in [4.78, 5) is 16.0. The van der Waals surface area contributed by atoms with Crippen LogP contribution in [0.15, 0.2) is 0 Å². The van der Waals surface area contributed by atoms with Crippen molar-refractivity contribution in [2.45, 2.75) is 44.7 Å². The Labute approximate surface area is 104 Å². The highest BCUT2D eigenvalue weighted by Crippen LogP contribution is 2.26. The minimum Gasteiger partial charge on any atom is -0.337 e. The van der Waals surface area contributed by atoms with Crippen LogP contribution < -0.4 is 0 Å². The zero-order chi connectivity index (χ0) is 12.1. The standard InChI is InChI=1S/C12H23ClN2O/c1-4-15(12(16)9-13)11-8-6-5-7-10(11)14(2)3/h10-11H,4-9H2,1-3H3. The van der Waals surface area contributed by atoms with Gasteiger partial charge in [0.25, 0.3) is 0 Å². The van der Waals surface area contributed by atoms with Gasteiger partial charge < -0.3 is 9.80 Å². The molecule has 2 atom stereocenters. The van der Waals surface area contributed by atoms with Crippen LogP contribution in [0.2, 0.25) is 0 Å². The van der Waals surface area contributed by atoms with E-state index < -0.39 is 0 Å². The lowest BCUT2D eigenvalue weighted by atomic mass is 9.88. The van der Waals surface area contributed by atoms with Gasteiger partial charge in [-0.3, -0.25) is 4.79 Å². The van der Waals surface area contributed by atoms with Gasteiger partial charge in [-0.25, -0.2) is 0 Å². The minimum absolute atomic E-state index is 0.0721. The Morgan fingerprint density at radius 1 is 1.25 bits per heavy atom. The van der Waals surface area contributed by atoms with E-state index in [9.17, 15) is 4.79 Å². The molecule has 2 unspecified atom stereocenters. The molecule has 16 heavy (non-hydrogen) atoms. The highest BCUT2D eigenvalue weighted by atomic mass is 35.5. The molecule has 0 saturated heterocycles. The predicted molar refractivity (Wildman–Crippen MR) is 67.8 cm³/mol. The molecule has 0 aromatic heterocycles. The Morgan fingerprint density at radius 3 is 2.25 bits per heavy atom. The van der Waals surface area contributed by atoms with Crippen molar-refractivity contribution in [1.29, 1.82) is 0 Å². The summed E-state index contributed by atoms with van der Waals surface area (Å²) in [5.41, 5.74) is 0. The van der Waals surface area contributed by atoms with E-state index in [1.807, 2.05) is 11.8 Å². The molecule has 1 aliphatic carbocycles. The largest absolute Gasteiger partial charge is 0.337 e. The van der Waals surface area contributed by atoms with Crippen LogP contribution in [0, 0.1) is 0 Å². The molecule has 0 aliphatic heterocycles. The van der Waals surface area contributed by atoms with E-state index in [0.717, 1.165) is 13.0 Å². The van der Waals surface area contributed by atoms with Crippen LogP contribution >= 0.6 is 11.6 Å². The molecule has 3 nitrogen and oxygen atoms in total. The van der Waals surface area contributed by atoms with Crippen molar-refractivity contribution >= 4 is 17.5 Å². The molecule has 0 aromatic carbocycles. The van der Waals surface area contributed by atoms with Crippen molar-refractivity contribution < 1.29 is 4.79 Å². The van der Waals surface area contributed by atoms with E-state index in [2.05, 4.69) is 19.0 Å². The maximum atomic E-state index is 11.8. The van der Waals surface area contributed by atoms with Crippen molar-refractivity contribution in [2.24, 2.45) is 0 Å². The fraction of sp³-hybridized carbons (Fsp3) is 0.917. The van der Waals surface area contributed by atoms with Crippen molar-refractivity contribution in [1.82, 2.24) is 9.80 Å². The Kier molecular flexibility index (Phi) is 5.56. The summed E-state index contributed by atoms with van der Waals surface area (Å²) in [5, 5.41) is 0. The lowest BCUT2D eigenvalue weighted by molar-refractivity contribution is -0.132. The topological polar surface area (TPSA) is 23.6 Å². The van der Waals surface area contributed by atoms with Crippen molar-refractivity contribution in [3.63, 3.8) is 0 Å². The molecule has 1 rings (SSSR count). The van der Waals surface area contributed by atoms with E-state index in [1.54, 1.807) is 0 Å². The molecule has 0 bridgehead atoms. The van der Waals surface area contributed by atoms with Gasteiger partial charge in [-0.2, -0.15) is 0 Å². The third-order valence-electron chi connectivity index (χ3n) is 3.53. The van der Waals surface area contributed by atoms with Gasteiger partial charge in [-0.05, 0) is 33.9 Å². The number of carbonyl (C=O) groups is 1. The molecule has 0 heterocycles. The molecule has 0 N–H and O–H groups in total. The fourth-order valence-electron chi connectivity index (χ4n) is 2.73. The Bertz CT molecular complexity index is 233. The quantitative estimate of drug-likeness (QED) is 0.708. The highest BCUT2D eigenvalue weighted by Gasteiger charge is 2.32. The first-order chi connectivity index (χ1) is 7.61. The lowest BCUT2D eigenvalue weighted by Gasteiger charge is -2.42. The molecule has 1 fully saturated rings. The van der Waals surface area contributed by atoms with Crippen LogP contribution in [0.1, 0.15) is 32.6 Å². The van der Waals surface area contributed by atoms with Gasteiger partial charge >= 0.3 is 0 Å². The van der Waals surface area contributed by atoms with Crippen LogP contribution in [0.4, 0.5) is 0 Å². The molecule has 94 valence electrons. The van der Waals surface area contributed by atoms with Crippen LogP contribution in [-0.4, -0.2) is 54.3 Å². The highest BCUT2D eigenvalue weighted by molar-refractivity contribution is 6.27. The summed E-state index contributed by atoms with van der Waals surface area (Å²) in [6.07, 6.45) is 4.79. The number of nitrogens with zero attached hydrogens (tertiary/aromatic N) is 2. The van der Waals surface area contributed by atoms with Gasteiger partial charge in [-0.1, -0.05) is 12.8 Å². The van der Waals surface area contributed by atoms with Gasteiger partial charge in [0.05, 0.1) is 0 Å². The summed E-state index contributed by atoms with van der Waals surface area (Å²) in [6, 6.07) is 0.834. The Morgan fingerprint density at radius 2 is 1.81 bits per heavy atom. The molecule has 1 amide bonds. The first-order valence-electron chi connectivity index (χ1n) is 6.13. The summed E-state index contributed by atoms with van der Waals surface area (Å²) >= 11 is 5.67. The normalized spacial score (nSPS) is 25.8. The van der Waals surface area contributed by atoms with Gasteiger partial charge in [-0.15, -0.1) is 11.6 Å². The Hall–Kier alpha value is -0.280. The van der Waals surface area contributed by atoms with E-state index in [4.69, 9.17) is 11.6 Å². The van der Waals surface area contributed by atoms with E-state index in [-0.39, 0.29) is 11.8 Å². The van der Waals surface area contributed by atoms with E-state index in [0.29, 0.717) is 12.1 Å². The number of hydrogen-bond acceptors (Lipinski definition) is 2. The zero-order valence-electron chi connectivity index (χ0n) is 10.6. The molecule has 0 radical (unpaired) electrons. The number of amides is 1. The number of rotatable bonds is 4. The number of hydrogen-bond donors (Lipinski definition) is 0. The van der Waals surface area contributed by atoms with Gasteiger partial charge in [0.15, 0.2) is 0 Å². The maximum absolute atomic E-state index is 11.8.